The van der Waals surface area contributed by atoms with Crippen molar-refractivity contribution in [3.05, 3.63) is 48.1 Å². The summed E-state index contributed by atoms with van der Waals surface area (Å²) in [7, 11) is 0. The molecule has 1 aromatic carbocycles. The number of phenols is 2. The van der Waals surface area contributed by atoms with E-state index < -0.39 is 0 Å². The highest BCUT2D eigenvalue weighted by molar-refractivity contribution is 5.38. The summed E-state index contributed by atoms with van der Waals surface area (Å²) < 4.78 is 0. The van der Waals surface area contributed by atoms with Gasteiger partial charge in [0.2, 0.25) is 0 Å². The van der Waals surface area contributed by atoms with E-state index in [0.717, 1.165) is 24.8 Å². The Hall–Kier alpha value is -1.70. The number of rotatable bonds is 3. The Morgan fingerprint density at radius 3 is 2.76 bits per heavy atom. The first-order chi connectivity index (χ1) is 8.09. The van der Waals surface area contributed by atoms with Crippen molar-refractivity contribution in [1.29, 1.82) is 0 Å². The average Bonchev–Trinajstić information content (AvgIpc) is 2.31. The number of aromatic hydroxyl groups is 2. The van der Waals surface area contributed by atoms with Crippen LogP contribution in [0.5, 0.6) is 11.5 Å². The first-order valence-electron chi connectivity index (χ1n) is 5.94. The van der Waals surface area contributed by atoms with Gasteiger partial charge in [-0.3, -0.25) is 0 Å². The lowest BCUT2D eigenvalue weighted by molar-refractivity contribution is 0.387. The number of phenolic OH excluding ortho intramolecular Hbond substituents is 2. The lowest BCUT2D eigenvalue weighted by atomic mass is 9.79. The Labute approximate surface area is 102 Å². The number of aryl methyl sites for hydroxylation is 1. The molecule has 2 rings (SSSR count). The summed E-state index contributed by atoms with van der Waals surface area (Å²) in [6.07, 6.45) is 11.3. The standard InChI is InChI=1S/C15H18O2/c1-15(8-3-2-4-9-15)10-7-12-11-13(16)5-6-14(12)17/h2-6,8,11,16-17H,7,9-10H2,1H3. The molecule has 0 bridgehead atoms. The van der Waals surface area contributed by atoms with E-state index in [9.17, 15) is 10.2 Å². The van der Waals surface area contributed by atoms with Crippen LogP contribution in [0.25, 0.3) is 0 Å². The van der Waals surface area contributed by atoms with E-state index in [4.69, 9.17) is 0 Å². The van der Waals surface area contributed by atoms with E-state index in [2.05, 4.69) is 31.2 Å². The first-order valence-corrected chi connectivity index (χ1v) is 5.94. The molecule has 1 unspecified atom stereocenters. The normalized spacial score (nSPS) is 22.9. The van der Waals surface area contributed by atoms with Crippen LogP contribution >= 0.6 is 0 Å². The van der Waals surface area contributed by atoms with Gasteiger partial charge in [0.25, 0.3) is 0 Å². The van der Waals surface area contributed by atoms with Crippen molar-refractivity contribution in [2.45, 2.75) is 26.2 Å². The zero-order valence-electron chi connectivity index (χ0n) is 10.1. The summed E-state index contributed by atoms with van der Waals surface area (Å²) in [5.41, 5.74) is 0.973. The maximum Gasteiger partial charge on any atom is 0.119 e. The maximum atomic E-state index is 9.71. The van der Waals surface area contributed by atoms with Gasteiger partial charge < -0.3 is 10.2 Å². The maximum absolute atomic E-state index is 9.71. The van der Waals surface area contributed by atoms with Crippen LogP contribution < -0.4 is 0 Å². The molecule has 90 valence electrons. The number of allylic oxidation sites excluding steroid dienone is 4. The van der Waals surface area contributed by atoms with E-state index in [1.165, 1.54) is 6.07 Å². The second-order valence-corrected chi connectivity index (χ2v) is 4.96. The summed E-state index contributed by atoms with van der Waals surface area (Å²) >= 11 is 0. The van der Waals surface area contributed by atoms with Crippen molar-refractivity contribution in [2.75, 3.05) is 0 Å². The third-order valence-corrected chi connectivity index (χ3v) is 3.36. The molecule has 0 aromatic heterocycles. The fourth-order valence-electron chi connectivity index (χ4n) is 2.15. The van der Waals surface area contributed by atoms with Gasteiger partial charge in [0, 0.05) is 0 Å². The smallest absolute Gasteiger partial charge is 0.119 e. The molecule has 17 heavy (non-hydrogen) atoms. The average molecular weight is 230 g/mol. The van der Waals surface area contributed by atoms with Gasteiger partial charge in [-0.1, -0.05) is 31.2 Å². The van der Waals surface area contributed by atoms with Gasteiger partial charge in [-0.05, 0) is 48.4 Å². The number of hydrogen-bond donors (Lipinski definition) is 2. The van der Waals surface area contributed by atoms with E-state index in [1.54, 1.807) is 12.1 Å². The highest BCUT2D eigenvalue weighted by atomic mass is 16.3. The fourth-order valence-corrected chi connectivity index (χ4v) is 2.15. The largest absolute Gasteiger partial charge is 0.508 e. The van der Waals surface area contributed by atoms with E-state index in [0.29, 0.717) is 0 Å². The highest BCUT2D eigenvalue weighted by Gasteiger charge is 2.21. The minimum absolute atomic E-state index is 0.159. The molecule has 1 aromatic rings. The van der Waals surface area contributed by atoms with Gasteiger partial charge in [-0.25, -0.2) is 0 Å². The fraction of sp³-hybridized carbons (Fsp3) is 0.333. The minimum atomic E-state index is 0.159. The highest BCUT2D eigenvalue weighted by Crippen LogP contribution is 2.34. The van der Waals surface area contributed by atoms with E-state index in [-0.39, 0.29) is 16.9 Å². The van der Waals surface area contributed by atoms with Crippen molar-refractivity contribution < 1.29 is 10.2 Å². The van der Waals surface area contributed by atoms with Crippen LogP contribution in [0.15, 0.2) is 42.5 Å². The molecule has 0 fully saturated rings. The quantitative estimate of drug-likeness (QED) is 0.779. The summed E-state index contributed by atoms with van der Waals surface area (Å²) in [4.78, 5) is 0. The lowest BCUT2D eigenvalue weighted by Crippen LogP contribution is -2.14. The summed E-state index contributed by atoms with van der Waals surface area (Å²) in [6, 6.07) is 4.69. The molecule has 2 heteroatoms. The second-order valence-electron chi connectivity index (χ2n) is 4.96. The molecule has 0 spiro atoms. The summed E-state index contributed by atoms with van der Waals surface area (Å²) in [6.45, 7) is 2.22. The SMILES string of the molecule is CC1(CCc2cc(O)ccc2O)C=CC=CC1. The zero-order valence-corrected chi connectivity index (χ0v) is 10.1. The predicted octanol–water partition coefficient (Wildman–Crippen LogP) is 3.55. The predicted molar refractivity (Wildman–Crippen MR) is 69.1 cm³/mol. The van der Waals surface area contributed by atoms with Crippen LogP contribution in [0.3, 0.4) is 0 Å². The van der Waals surface area contributed by atoms with Gasteiger partial charge in [0.1, 0.15) is 11.5 Å². The first kappa shape index (κ1) is 11.8. The summed E-state index contributed by atoms with van der Waals surface area (Å²) in [5, 5.41) is 19.1. The minimum Gasteiger partial charge on any atom is -0.508 e. The third kappa shape index (κ3) is 2.90. The molecule has 0 radical (unpaired) electrons. The Bertz CT molecular complexity index is 460. The third-order valence-electron chi connectivity index (χ3n) is 3.36. The molecule has 0 saturated heterocycles. The molecule has 0 heterocycles. The Balaban J connectivity index is 2.04. The molecule has 2 N–H and O–H groups in total. The van der Waals surface area contributed by atoms with Crippen LogP contribution in [0.2, 0.25) is 0 Å². The van der Waals surface area contributed by atoms with Gasteiger partial charge in [-0.15, -0.1) is 0 Å². The molecule has 0 aliphatic heterocycles. The topological polar surface area (TPSA) is 40.5 Å². The van der Waals surface area contributed by atoms with Crippen molar-refractivity contribution in [3.63, 3.8) is 0 Å². The molecule has 1 aliphatic carbocycles. The van der Waals surface area contributed by atoms with Gasteiger partial charge in [0.15, 0.2) is 0 Å². The van der Waals surface area contributed by atoms with Gasteiger partial charge in [0.05, 0.1) is 0 Å². The zero-order chi connectivity index (χ0) is 12.3. The molecule has 0 saturated carbocycles. The van der Waals surface area contributed by atoms with Crippen molar-refractivity contribution in [2.24, 2.45) is 5.41 Å². The number of benzene rings is 1. The molecule has 0 amide bonds. The molecular formula is C15H18O2. The van der Waals surface area contributed by atoms with E-state index in [1.807, 2.05) is 0 Å². The van der Waals surface area contributed by atoms with Gasteiger partial charge >= 0.3 is 0 Å². The Morgan fingerprint density at radius 1 is 1.24 bits per heavy atom. The van der Waals surface area contributed by atoms with Crippen LogP contribution in [-0.4, -0.2) is 10.2 Å². The Morgan fingerprint density at radius 2 is 2.06 bits per heavy atom. The van der Waals surface area contributed by atoms with Gasteiger partial charge in [-0.2, -0.15) is 0 Å². The van der Waals surface area contributed by atoms with Crippen molar-refractivity contribution in [3.8, 4) is 11.5 Å². The van der Waals surface area contributed by atoms with Crippen LogP contribution in [0.1, 0.15) is 25.3 Å². The molecular weight excluding hydrogens is 212 g/mol. The Kier molecular flexibility index (Phi) is 3.23. The molecule has 1 aliphatic rings. The van der Waals surface area contributed by atoms with Crippen LogP contribution in [-0.2, 0) is 6.42 Å². The van der Waals surface area contributed by atoms with Crippen molar-refractivity contribution in [1.82, 2.24) is 0 Å². The monoisotopic (exact) mass is 230 g/mol. The van der Waals surface area contributed by atoms with E-state index >= 15 is 0 Å². The van der Waals surface area contributed by atoms with Crippen molar-refractivity contribution >= 4 is 0 Å². The molecule has 1 atom stereocenters. The van der Waals surface area contributed by atoms with Crippen LogP contribution in [0.4, 0.5) is 0 Å². The molecule has 2 nitrogen and oxygen atoms in total. The lowest BCUT2D eigenvalue weighted by Gasteiger charge is -2.26. The number of hydrogen-bond acceptors (Lipinski definition) is 2. The summed E-state index contributed by atoms with van der Waals surface area (Å²) in [5.74, 6) is 0.476. The second kappa shape index (κ2) is 4.66. The van der Waals surface area contributed by atoms with Crippen LogP contribution in [0, 0.1) is 5.41 Å².